The zero-order chi connectivity index (χ0) is 12.8. The van der Waals surface area contributed by atoms with Crippen molar-refractivity contribution < 1.29 is 14.2 Å². The minimum absolute atomic E-state index is 0.604. The molecular formula is C14H21NO3. The normalized spacial score (nSPS) is 19.3. The molecule has 1 atom stereocenters. The van der Waals surface area contributed by atoms with Crippen LogP contribution in [0.4, 0.5) is 5.69 Å². The van der Waals surface area contributed by atoms with E-state index in [0.717, 1.165) is 43.4 Å². The molecule has 0 bridgehead atoms. The third kappa shape index (κ3) is 3.29. The van der Waals surface area contributed by atoms with E-state index in [-0.39, 0.29) is 0 Å². The molecule has 100 valence electrons. The Morgan fingerprint density at radius 2 is 2.11 bits per heavy atom. The zero-order valence-corrected chi connectivity index (χ0v) is 11.1. The summed E-state index contributed by atoms with van der Waals surface area (Å²) in [5.74, 6) is 2.11. The smallest absolute Gasteiger partial charge is 0.162 e. The lowest BCUT2D eigenvalue weighted by Crippen LogP contribution is -2.24. The summed E-state index contributed by atoms with van der Waals surface area (Å²) in [5.41, 5.74) is 1.05. The van der Waals surface area contributed by atoms with E-state index in [0.29, 0.717) is 5.92 Å². The van der Waals surface area contributed by atoms with Crippen LogP contribution in [-0.4, -0.2) is 34.0 Å². The molecular weight excluding hydrogens is 230 g/mol. The Morgan fingerprint density at radius 3 is 2.78 bits per heavy atom. The number of rotatable bonds is 5. The quantitative estimate of drug-likeness (QED) is 0.873. The topological polar surface area (TPSA) is 39.7 Å². The molecule has 1 unspecified atom stereocenters. The van der Waals surface area contributed by atoms with Gasteiger partial charge < -0.3 is 19.5 Å². The van der Waals surface area contributed by atoms with Crippen LogP contribution >= 0.6 is 0 Å². The summed E-state index contributed by atoms with van der Waals surface area (Å²) < 4.78 is 16.0. The molecule has 1 aliphatic rings. The van der Waals surface area contributed by atoms with Gasteiger partial charge in [0, 0.05) is 24.9 Å². The summed E-state index contributed by atoms with van der Waals surface area (Å²) in [7, 11) is 3.29. The van der Waals surface area contributed by atoms with Crippen molar-refractivity contribution in [2.24, 2.45) is 5.92 Å². The Kier molecular flexibility index (Phi) is 4.70. The second kappa shape index (κ2) is 6.50. The maximum absolute atomic E-state index is 5.47. The van der Waals surface area contributed by atoms with Gasteiger partial charge in [0.05, 0.1) is 20.8 Å². The third-order valence-electron chi connectivity index (χ3n) is 3.23. The first-order valence-corrected chi connectivity index (χ1v) is 6.37. The SMILES string of the molecule is COc1ccc(NCC2CCCOC2)cc1OC. The van der Waals surface area contributed by atoms with Crippen LogP contribution in [0.1, 0.15) is 12.8 Å². The number of hydrogen-bond acceptors (Lipinski definition) is 4. The molecule has 0 amide bonds. The summed E-state index contributed by atoms with van der Waals surface area (Å²) in [4.78, 5) is 0. The second-order valence-electron chi connectivity index (χ2n) is 4.53. The van der Waals surface area contributed by atoms with Crippen molar-refractivity contribution in [3.8, 4) is 11.5 Å². The molecule has 4 nitrogen and oxygen atoms in total. The molecule has 18 heavy (non-hydrogen) atoms. The minimum Gasteiger partial charge on any atom is -0.493 e. The lowest BCUT2D eigenvalue weighted by molar-refractivity contribution is 0.0595. The summed E-state index contributed by atoms with van der Waals surface area (Å²) in [6.45, 7) is 2.71. The van der Waals surface area contributed by atoms with Gasteiger partial charge in [0.1, 0.15) is 0 Å². The van der Waals surface area contributed by atoms with Gasteiger partial charge in [-0.3, -0.25) is 0 Å². The number of hydrogen-bond donors (Lipinski definition) is 1. The summed E-state index contributed by atoms with van der Waals surface area (Å²) >= 11 is 0. The fraction of sp³-hybridized carbons (Fsp3) is 0.571. The first-order valence-electron chi connectivity index (χ1n) is 6.37. The molecule has 0 radical (unpaired) electrons. The van der Waals surface area contributed by atoms with Gasteiger partial charge in [0.2, 0.25) is 0 Å². The molecule has 0 spiro atoms. The van der Waals surface area contributed by atoms with E-state index in [1.165, 1.54) is 6.42 Å². The molecule has 4 heteroatoms. The van der Waals surface area contributed by atoms with Crippen molar-refractivity contribution in [3.63, 3.8) is 0 Å². The van der Waals surface area contributed by atoms with E-state index in [2.05, 4.69) is 5.32 Å². The standard InChI is InChI=1S/C14H21NO3/c1-16-13-6-5-12(8-14(13)17-2)15-9-11-4-3-7-18-10-11/h5-6,8,11,15H,3-4,7,9-10H2,1-2H3. The molecule has 0 aromatic heterocycles. The van der Waals surface area contributed by atoms with Gasteiger partial charge in [-0.25, -0.2) is 0 Å². The zero-order valence-electron chi connectivity index (χ0n) is 11.1. The van der Waals surface area contributed by atoms with E-state index in [9.17, 15) is 0 Å². The minimum atomic E-state index is 0.604. The molecule has 1 saturated heterocycles. The number of benzene rings is 1. The first kappa shape index (κ1) is 13.0. The van der Waals surface area contributed by atoms with Crippen molar-refractivity contribution in [1.82, 2.24) is 0 Å². The monoisotopic (exact) mass is 251 g/mol. The highest BCUT2D eigenvalue weighted by Crippen LogP contribution is 2.29. The Morgan fingerprint density at radius 1 is 1.28 bits per heavy atom. The lowest BCUT2D eigenvalue weighted by atomic mass is 10.0. The van der Waals surface area contributed by atoms with Crippen molar-refractivity contribution in [1.29, 1.82) is 0 Å². The summed E-state index contributed by atoms with van der Waals surface area (Å²) in [5, 5.41) is 3.42. The largest absolute Gasteiger partial charge is 0.493 e. The maximum atomic E-state index is 5.47. The molecule has 2 rings (SSSR count). The Hall–Kier alpha value is -1.42. The van der Waals surface area contributed by atoms with E-state index in [1.807, 2.05) is 18.2 Å². The van der Waals surface area contributed by atoms with Crippen LogP contribution in [0.15, 0.2) is 18.2 Å². The van der Waals surface area contributed by atoms with Crippen LogP contribution in [0.2, 0.25) is 0 Å². The Labute approximate surface area is 108 Å². The predicted molar refractivity (Wildman–Crippen MR) is 71.6 cm³/mol. The highest BCUT2D eigenvalue weighted by atomic mass is 16.5. The van der Waals surface area contributed by atoms with E-state index in [4.69, 9.17) is 14.2 Å². The summed E-state index contributed by atoms with van der Waals surface area (Å²) in [6, 6.07) is 5.88. The third-order valence-corrected chi connectivity index (χ3v) is 3.23. The van der Waals surface area contributed by atoms with Crippen molar-refractivity contribution in [2.45, 2.75) is 12.8 Å². The van der Waals surface area contributed by atoms with Crippen LogP contribution < -0.4 is 14.8 Å². The van der Waals surface area contributed by atoms with Crippen LogP contribution in [-0.2, 0) is 4.74 Å². The van der Waals surface area contributed by atoms with Crippen LogP contribution in [0.3, 0.4) is 0 Å². The van der Waals surface area contributed by atoms with E-state index < -0.39 is 0 Å². The molecule has 0 aliphatic carbocycles. The number of nitrogens with one attached hydrogen (secondary N) is 1. The summed E-state index contributed by atoms with van der Waals surface area (Å²) in [6.07, 6.45) is 2.40. The molecule has 1 aromatic rings. The van der Waals surface area contributed by atoms with E-state index in [1.54, 1.807) is 14.2 Å². The van der Waals surface area contributed by atoms with Crippen molar-refractivity contribution in [3.05, 3.63) is 18.2 Å². The predicted octanol–water partition coefficient (Wildman–Crippen LogP) is 2.54. The van der Waals surface area contributed by atoms with Gasteiger partial charge in [-0.1, -0.05) is 0 Å². The fourth-order valence-electron chi connectivity index (χ4n) is 2.18. The van der Waals surface area contributed by atoms with Crippen LogP contribution in [0.25, 0.3) is 0 Å². The number of ether oxygens (including phenoxy) is 3. The highest BCUT2D eigenvalue weighted by Gasteiger charge is 2.13. The van der Waals surface area contributed by atoms with Crippen molar-refractivity contribution in [2.75, 3.05) is 39.3 Å². The number of anilines is 1. The van der Waals surface area contributed by atoms with E-state index >= 15 is 0 Å². The molecule has 1 fully saturated rings. The first-order chi connectivity index (χ1) is 8.83. The Balaban J connectivity index is 1.92. The van der Waals surface area contributed by atoms with Crippen LogP contribution in [0, 0.1) is 5.92 Å². The molecule has 1 heterocycles. The molecule has 1 N–H and O–H groups in total. The van der Waals surface area contributed by atoms with Crippen molar-refractivity contribution >= 4 is 5.69 Å². The second-order valence-corrected chi connectivity index (χ2v) is 4.53. The fourth-order valence-corrected chi connectivity index (χ4v) is 2.18. The highest BCUT2D eigenvalue weighted by molar-refractivity contribution is 5.54. The lowest BCUT2D eigenvalue weighted by Gasteiger charge is -2.22. The van der Waals surface area contributed by atoms with Gasteiger partial charge in [0.15, 0.2) is 11.5 Å². The number of methoxy groups -OCH3 is 2. The molecule has 1 aromatic carbocycles. The Bertz CT molecular complexity index is 375. The van der Waals surface area contributed by atoms with Gasteiger partial charge in [-0.2, -0.15) is 0 Å². The average molecular weight is 251 g/mol. The molecule has 0 saturated carbocycles. The van der Waals surface area contributed by atoms with Gasteiger partial charge in [0.25, 0.3) is 0 Å². The maximum Gasteiger partial charge on any atom is 0.162 e. The van der Waals surface area contributed by atoms with Gasteiger partial charge in [-0.05, 0) is 30.9 Å². The van der Waals surface area contributed by atoms with Gasteiger partial charge in [-0.15, -0.1) is 0 Å². The van der Waals surface area contributed by atoms with Gasteiger partial charge >= 0.3 is 0 Å². The average Bonchev–Trinajstić information content (AvgIpc) is 2.45. The molecule has 1 aliphatic heterocycles. The van der Waals surface area contributed by atoms with Crippen LogP contribution in [0.5, 0.6) is 11.5 Å².